The van der Waals surface area contributed by atoms with E-state index in [1.54, 1.807) is 0 Å². The van der Waals surface area contributed by atoms with Gasteiger partial charge < -0.3 is 15.4 Å². The summed E-state index contributed by atoms with van der Waals surface area (Å²) in [6.07, 6.45) is 5.07. The van der Waals surface area contributed by atoms with Crippen molar-refractivity contribution in [3.8, 4) is 0 Å². The van der Waals surface area contributed by atoms with E-state index in [4.69, 9.17) is 4.74 Å². The lowest BCUT2D eigenvalue weighted by molar-refractivity contribution is 0.0526. The molecule has 3 nitrogen and oxygen atoms in total. The molecule has 1 saturated heterocycles. The molecule has 3 atom stereocenters. The maximum Gasteiger partial charge on any atom is 0.0623 e. The second-order valence-electron chi connectivity index (χ2n) is 7.18. The van der Waals surface area contributed by atoms with E-state index in [0.29, 0.717) is 12.1 Å². The lowest BCUT2D eigenvalue weighted by Crippen LogP contribution is -2.51. The van der Waals surface area contributed by atoms with Gasteiger partial charge in [0, 0.05) is 18.6 Å². The number of hydrogen-bond acceptors (Lipinski definition) is 3. The molecule has 0 spiro atoms. The second-order valence-corrected chi connectivity index (χ2v) is 7.18. The molecule has 1 aliphatic carbocycles. The van der Waals surface area contributed by atoms with Crippen molar-refractivity contribution in [1.82, 2.24) is 10.6 Å². The smallest absolute Gasteiger partial charge is 0.0623 e. The highest BCUT2D eigenvalue weighted by Gasteiger charge is 2.34. The molecule has 0 radical (unpaired) electrons. The molecule has 3 unspecified atom stereocenters. The van der Waals surface area contributed by atoms with Crippen LogP contribution in [0.5, 0.6) is 0 Å². The van der Waals surface area contributed by atoms with E-state index in [0.717, 1.165) is 38.6 Å². The molecule has 0 bridgehead atoms. The number of nitrogens with one attached hydrogen (secondary N) is 2. The van der Waals surface area contributed by atoms with Crippen molar-refractivity contribution in [1.29, 1.82) is 0 Å². The predicted molar refractivity (Wildman–Crippen MR) is 107 cm³/mol. The summed E-state index contributed by atoms with van der Waals surface area (Å²) >= 11 is 0. The Labute approximate surface area is 156 Å². The van der Waals surface area contributed by atoms with E-state index in [-0.39, 0.29) is 12.4 Å². The summed E-state index contributed by atoms with van der Waals surface area (Å²) in [5.74, 6) is 0.720. The SMILES string of the molecule is Cl.c1ccc2c(CCNC3CCCC3C3COCCN3)cccc2c1. The van der Waals surface area contributed by atoms with E-state index < -0.39 is 0 Å². The van der Waals surface area contributed by atoms with Crippen molar-refractivity contribution < 1.29 is 4.74 Å². The van der Waals surface area contributed by atoms with Gasteiger partial charge in [-0.05, 0) is 48.1 Å². The van der Waals surface area contributed by atoms with Gasteiger partial charge >= 0.3 is 0 Å². The van der Waals surface area contributed by atoms with Crippen LogP contribution in [0.15, 0.2) is 42.5 Å². The maximum atomic E-state index is 5.67. The lowest BCUT2D eigenvalue weighted by atomic mass is 9.93. The minimum Gasteiger partial charge on any atom is -0.379 e. The van der Waals surface area contributed by atoms with Crippen LogP contribution < -0.4 is 10.6 Å². The fraction of sp³-hybridized carbons (Fsp3) is 0.524. The van der Waals surface area contributed by atoms with Gasteiger partial charge in [-0.3, -0.25) is 0 Å². The van der Waals surface area contributed by atoms with Crippen LogP contribution in [-0.2, 0) is 11.2 Å². The topological polar surface area (TPSA) is 33.3 Å². The monoisotopic (exact) mass is 360 g/mol. The largest absolute Gasteiger partial charge is 0.379 e. The summed E-state index contributed by atoms with van der Waals surface area (Å²) in [5, 5.41) is 10.2. The summed E-state index contributed by atoms with van der Waals surface area (Å²) in [6.45, 7) is 3.81. The van der Waals surface area contributed by atoms with Crippen LogP contribution in [-0.4, -0.2) is 38.4 Å². The molecular formula is C21H29ClN2O. The molecule has 2 aromatic carbocycles. The molecule has 4 rings (SSSR count). The van der Waals surface area contributed by atoms with Crippen LogP contribution in [0, 0.1) is 5.92 Å². The Kier molecular flexibility index (Phi) is 6.71. The van der Waals surface area contributed by atoms with Gasteiger partial charge in [0.1, 0.15) is 0 Å². The van der Waals surface area contributed by atoms with E-state index in [2.05, 4.69) is 53.1 Å². The number of morpholine rings is 1. The number of benzene rings is 2. The lowest BCUT2D eigenvalue weighted by Gasteiger charge is -2.33. The third-order valence-corrected chi connectivity index (χ3v) is 5.72. The number of halogens is 1. The standard InChI is InChI=1S/C21H28N2O.ClH/c1-2-8-18-16(5-1)6-3-7-17(18)11-12-22-20-10-4-9-19(20)21-15-24-14-13-23-21;/h1-3,5-8,19-23H,4,9-15H2;1H. The van der Waals surface area contributed by atoms with Crippen molar-refractivity contribution in [2.24, 2.45) is 5.92 Å². The van der Waals surface area contributed by atoms with E-state index in [1.807, 2.05) is 0 Å². The van der Waals surface area contributed by atoms with Gasteiger partial charge in [0.25, 0.3) is 0 Å². The second kappa shape index (κ2) is 9.00. The zero-order valence-electron chi connectivity index (χ0n) is 14.7. The fourth-order valence-corrected chi connectivity index (χ4v) is 4.49. The Morgan fingerprint density at radius 3 is 2.84 bits per heavy atom. The molecule has 136 valence electrons. The average Bonchev–Trinajstić information content (AvgIpc) is 3.11. The Morgan fingerprint density at radius 1 is 1.08 bits per heavy atom. The Morgan fingerprint density at radius 2 is 1.96 bits per heavy atom. The summed E-state index contributed by atoms with van der Waals surface area (Å²) < 4.78 is 5.67. The summed E-state index contributed by atoms with van der Waals surface area (Å²) in [4.78, 5) is 0. The maximum absolute atomic E-state index is 5.67. The molecular weight excluding hydrogens is 332 g/mol. The Hall–Kier alpha value is -1.13. The Bertz CT molecular complexity index is 666. The van der Waals surface area contributed by atoms with E-state index >= 15 is 0 Å². The molecule has 0 amide bonds. The number of rotatable bonds is 5. The minimum atomic E-state index is 0. The van der Waals surface area contributed by atoms with Crippen LogP contribution in [0.2, 0.25) is 0 Å². The molecule has 1 heterocycles. The number of ether oxygens (including phenoxy) is 1. The fourth-order valence-electron chi connectivity index (χ4n) is 4.49. The first-order valence-corrected chi connectivity index (χ1v) is 9.43. The van der Waals surface area contributed by atoms with Gasteiger partial charge in [-0.2, -0.15) is 0 Å². The van der Waals surface area contributed by atoms with Gasteiger partial charge in [-0.25, -0.2) is 0 Å². The summed E-state index contributed by atoms with van der Waals surface area (Å²) in [7, 11) is 0. The van der Waals surface area contributed by atoms with Crippen molar-refractivity contribution in [2.75, 3.05) is 26.3 Å². The molecule has 1 saturated carbocycles. The first kappa shape index (κ1) is 18.7. The van der Waals surface area contributed by atoms with E-state index in [9.17, 15) is 0 Å². The summed E-state index contributed by atoms with van der Waals surface area (Å²) in [6, 6.07) is 16.5. The normalized spacial score (nSPS) is 26.5. The third kappa shape index (κ3) is 4.35. The number of hydrogen-bond donors (Lipinski definition) is 2. The van der Waals surface area contributed by atoms with Crippen molar-refractivity contribution in [2.45, 2.75) is 37.8 Å². The van der Waals surface area contributed by atoms with Gasteiger partial charge in [0.05, 0.1) is 13.2 Å². The average molecular weight is 361 g/mol. The van der Waals surface area contributed by atoms with Gasteiger partial charge in [-0.15, -0.1) is 12.4 Å². The molecule has 1 aliphatic heterocycles. The highest BCUT2D eigenvalue weighted by molar-refractivity contribution is 5.86. The van der Waals surface area contributed by atoms with E-state index in [1.165, 1.54) is 35.6 Å². The zero-order valence-corrected chi connectivity index (χ0v) is 15.6. The van der Waals surface area contributed by atoms with Crippen LogP contribution in [0.1, 0.15) is 24.8 Å². The third-order valence-electron chi connectivity index (χ3n) is 5.72. The first-order valence-electron chi connectivity index (χ1n) is 9.43. The molecule has 25 heavy (non-hydrogen) atoms. The molecule has 2 fully saturated rings. The van der Waals surface area contributed by atoms with Gasteiger partial charge in [-0.1, -0.05) is 48.9 Å². The molecule has 4 heteroatoms. The molecule has 0 aromatic heterocycles. The Balaban J connectivity index is 0.00000182. The first-order chi connectivity index (χ1) is 11.9. The van der Waals surface area contributed by atoms with Crippen molar-refractivity contribution in [3.63, 3.8) is 0 Å². The predicted octanol–water partition coefficient (Wildman–Crippen LogP) is 3.55. The number of fused-ring (bicyclic) bond motifs is 1. The van der Waals surface area contributed by atoms with Crippen LogP contribution in [0.4, 0.5) is 0 Å². The van der Waals surface area contributed by atoms with Crippen LogP contribution in [0.3, 0.4) is 0 Å². The van der Waals surface area contributed by atoms with Gasteiger partial charge in [0.2, 0.25) is 0 Å². The van der Waals surface area contributed by atoms with Crippen molar-refractivity contribution in [3.05, 3.63) is 48.0 Å². The van der Waals surface area contributed by atoms with Crippen LogP contribution in [0.25, 0.3) is 10.8 Å². The van der Waals surface area contributed by atoms with Crippen LogP contribution >= 0.6 is 12.4 Å². The quantitative estimate of drug-likeness (QED) is 0.855. The zero-order chi connectivity index (χ0) is 16.2. The molecule has 2 N–H and O–H groups in total. The molecule has 2 aromatic rings. The minimum absolute atomic E-state index is 0. The highest BCUT2D eigenvalue weighted by atomic mass is 35.5. The van der Waals surface area contributed by atoms with Gasteiger partial charge in [0.15, 0.2) is 0 Å². The molecule has 2 aliphatic rings. The highest BCUT2D eigenvalue weighted by Crippen LogP contribution is 2.29. The van der Waals surface area contributed by atoms with Crippen molar-refractivity contribution >= 4 is 23.2 Å². The summed E-state index contributed by atoms with van der Waals surface area (Å²) in [5.41, 5.74) is 1.45.